The number of benzene rings is 1. The van der Waals surface area contributed by atoms with Crippen molar-refractivity contribution < 1.29 is 0 Å². The Bertz CT molecular complexity index is 415. The number of para-hydroxylation sites is 1. The Balaban J connectivity index is 2.11. The van der Waals surface area contributed by atoms with Gasteiger partial charge in [-0.2, -0.15) is 11.3 Å². The normalized spacial score (nSPS) is 10.2. The molecule has 0 unspecified atom stereocenters. The molecule has 0 saturated heterocycles. The molecule has 0 saturated carbocycles. The van der Waals surface area contributed by atoms with Gasteiger partial charge in [-0.25, -0.2) is 0 Å². The molecular formula is C12H14N2S. The summed E-state index contributed by atoms with van der Waals surface area (Å²) in [6, 6.07) is 8.07. The average molecular weight is 218 g/mol. The minimum Gasteiger partial charge on any atom is -0.397 e. The zero-order chi connectivity index (χ0) is 10.7. The van der Waals surface area contributed by atoms with Crippen molar-refractivity contribution in [2.75, 3.05) is 11.1 Å². The van der Waals surface area contributed by atoms with E-state index in [1.165, 1.54) is 11.1 Å². The molecule has 0 spiro atoms. The van der Waals surface area contributed by atoms with Crippen LogP contribution in [0, 0.1) is 6.92 Å². The number of nitrogen functional groups attached to an aromatic ring is 1. The molecule has 3 heteroatoms. The second kappa shape index (κ2) is 4.36. The first-order valence-corrected chi connectivity index (χ1v) is 5.81. The number of anilines is 2. The third-order valence-corrected chi connectivity index (χ3v) is 3.09. The van der Waals surface area contributed by atoms with E-state index in [1.807, 2.05) is 12.1 Å². The number of hydrogen-bond acceptors (Lipinski definition) is 3. The molecule has 0 aliphatic rings. The molecule has 0 aliphatic carbocycles. The summed E-state index contributed by atoms with van der Waals surface area (Å²) < 4.78 is 0. The number of thiophene rings is 1. The van der Waals surface area contributed by atoms with E-state index in [0.29, 0.717) is 0 Å². The largest absolute Gasteiger partial charge is 0.397 e. The molecule has 1 heterocycles. The van der Waals surface area contributed by atoms with Crippen LogP contribution in [0.1, 0.15) is 11.1 Å². The van der Waals surface area contributed by atoms with Crippen molar-refractivity contribution in [3.8, 4) is 0 Å². The summed E-state index contributed by atoms with van der Waals surface area (Å²) in [6.45, 7) is 2.89. The number of rotatable bonds is 3. The molecule has 0 amide bonds. The number of aryl methyl sites for hydroxylation is 1. The first-order valence-electron chi connectivity index (χ1n) is 4.87. The molecule has 1 aromatic heterocycles. The minimum atomic E-state index is 0.810. The van der Waals surface area contributed by atoms with Gasteiger partial charge in [0.05, 0.1) is 11.4 Å². The van der Waals surface area contributed by atoms with Crippen molar-refractivity contribution in [3.05, 3.63) is 46.2 Å². The van der Waals surface area contributed by atoms with E-state index in [9.17, 15) is 0 Å². The third-order valence-electron chi connectivity index (χ3n) is 2.35. The lowest BCUT2D eigenvalue weighted by atomic mass is 10.1. The summed E-state index contributed by atoms with van der Waals surface area (Å²) in [5, 5.41) is 7.59. The maximum Gasteiger partial charge on any atom is 0.0606 e. The van der Waals surface area contributed by atoms with Gasteiger partial charge in [-0.1, -0.05) is 12.1 Å². The molecule has 0 fully saturated rings. The smallest absolute Gasteiger partial charge is 0.0606 e. The lowest BCUT2D eigenvalue weighted by molar-refractivity contribution is 1.15. The van der Waals surface area contributed by atoms with Crippen LogP contribution in [-0.4, -0.2) is 0 Å². The van der Waals surface area contributed by atoms with Crippen LogP contribution in [-0.2, 0) is 6.54 Å². The van der Waals surface area contributed by atoms with Gasteiger partial charge in [-0.05, 0) is 40.9 Å². The van der Waals surface area contributed by atoms with Crippen LogP contribution in [0.4, 0.5) is 11.4 Å². The first kappa shape index (κ1) is 10.1. The van der Waals surface area contributed by atoms with Crippen molar-refractivity contribution in [1.82, 2.24) is 0 Å². The summed E-state index contributed by atoms with van der Waals surface area (Å²) in [6.07, 6.45) is 0. The Morgan fingerprint density at radius 1 is 1.33 bits per heavy atom. The van der Waals surface area contributed by atoms with Gasteiger partial charge in [-0.3, -0.25) is 0 Å². The van der Waals surface area contributed by atoms with Gasteiger partial charge in [0.1, 0.15) is 0 Å². The van der Waals surface area contributed by atoms with Gasteiger partial charge in [-0.15, -0.1) is 0 Å². The van der Waals surface area contributed by atoms with E-state index in [-0.39, 0.29) is 0 Å². The fraction of sp³-hybridized carbons (Fsp3) is 0.167. The quantitative estimate of drug-likeness (QED) is 0.776. The predicted octanol–water partition coefficient (Wildman–Crippen LogP) is 3.25. The molecule has 0 aliphatic heterocycles. The second-order valence-electron chi connectivity index (χ2n) is 3.52. The van der Waals surface area contributed by atoms with Crippen LogP contribution in [0.25, 0.3) is 0 Å². The van der Waals surface area contributed by atoms with Gasteiger partial charge in [0, 0.05) is 6.54 Å². The van der Waals surface area contributed by atoms with Crippen LogP contribution >= 0.6 is 11.3 Å². The van der Waals surface area contributed by atoms with Gasteiger partial charge >= 0.3 is 0 Å². The van der Waals surface area contributed by atoms with Crippen LogP contribution < -0.4 is 11.1 Å². The second-order valence-corrected chi connectivity index (χ2v) is 4.30. The average Bonchev–Trinajstić information content (AvgIpc) is 2.70. The number of hydrogen-bond donors (Lipinski definition) is 2. The third kappa shape index (κ3) is 2.30. The summed E-state index contributed by atoms with van der Waals surface area (Å²) in [7, 11) is 0. The Kier molecular flexibility index (Phi) is 2.92. The summed E-state index contributed by atoms with van der Waals surface area (Å²) in [5.74, 6) is 0. The Morgan fingerprint density at radius 2 is 2.20 bits per heavy atom. The number of nitrogens with one attached hydrogen (secondary N) is 1. The Labute approximate surface area is 93.7 Å². The highest BCUT2D eigenvalue weighted by Crippen LogP contribution is 2.23. The fourth-order valence-electron chi connectivity index (χ4n) is 1.52. The first-order chi connectivity index (χ1) is 7.27. The van der Waals surface area contributed by atoms with Gasteiger partial charge in [0.2, 0.25) is 0 Å². The molecule has 2 aromatic rings. The Morgan fingerprint density at radius 3 is 2.87 bits per heavy atom. The van der Waals surface area contributed by atoms with Crippen molar-refractivity contribution >= 4 is 22.7 Å². The molecule has 0 radical (unpaired) electrons. The topological polar surface area (TPSA) is 38.0 Å². The molecule has 15 heavy (non-hydrogen) atoms. The molecular weight excluding hydrogens is 204 g/mol. The molecule has 2 rings (SSSR count). The SMILES string of the molecule is Cc1cccc(N)c1NCc1ccsc1. The zero-order valence-corrected chi connectivity index (χ0v) is 9.47. The molecule has 78 valence electrons. The van der Waals surface area contributed by atoms with E-state index in [4.69, 9.17) is 5.73 Å². The summed E-state index contributed by atoms with van der Waals surface area (Å²) in [4.78, 5) is 0. The van der Waals surface area contributed by atoms with Crippen molar-refractivity contribution in [2.24, 2.45) is 0 Å². The zero-order valence-electron chi connectivity index (χ0n) is 8.66. The van der Waals surface area contributed by atoms with E-state index < -0.39 is 0 Å². The maximum absolute atomic E-state index is 5.90. The highest BCUT2D eigenvalue weighted by molar-refractivity contribution is 7.07. The van der Waals surface area contributed by atoms with E-state index in [0.717, 1.165) is 17.9 Å². The molecule has 3 N–H and O–H groups in total. The van der Waals surface area contributed by atoms with Gasteiger partial charge < -0.3 is 11.1 Å². The number of nitrogens with two attached hydrogens (primary N) is 1. The van der Waals surface area contributed by atoms with Crippen LogP contribution in [0.2, 0.25) is 0 Å². The molecule has 0 bridgehead atoms. The van der Waals surface area contributed by atoms with Crippen molar-refractivity contribution in [3.63, 3.8) is 0 Å². The highest BCUT2D eigenvalue weighted by Gasteiger charge is 2.01. The molecule has 0 atom stereocenters. The fourth-order valence-corrected chi connectivity index (χ4v) is 2.18. The molecule has 1 aromatic carbocycles. The van der Waals surface area contributed by atoms with E-state index in [1.54, 1.807) is 11.3 Å². The Hall–Kier alpha value is -1.48. The minimum absolute atomic E-state index is 0.810. The maximum atomic E-state index is 5.90. The standard InChI is InChI=1S/C12H14N2S/c1-9-3-2-4-11(13)12(9)14-7-10-5-6-15-8-10/h2-6,8,14H,7,13H2,1H3. The van der Waals surface area contributed by atoms with E-state index in [2.05, 4.69) is 35.1 Å². The molecule has 2 nitrogen and oxygen atoms in total. The lowest BCUT2D eigenvalue weighted by Crippen LogP contribution is -2.03. The summed E-state index contributed by atoms with van der Waals surface area (Å²) >= 11 is 1.71. The monoisotopic (exact) mass is 218 g/mol. The van der Waals surface area contributed by atoms with Gasteiger partial charge in [0.15, 0.2) is 0 Å². The predicted molar refractivity (Wildman–Crippen MR) is 67.2 cm³/mol. The van der Waals surface area contributed by atoms with Crippen LogP contribution in [0.3, 0.4) is 0 Å². The van der Waals surface area contributed by atoms with Crippen molar-refractivity contribution in [1.29, 1.82) is 0 Å². The summed E-state index contributed by atoms with van der Waals surface area (Å²) in [5.41, 5.74) is 10.2. The van der Waals surface area contributed by atoms with Crippen LogP contribution in [0.5, 0.6) is 0 Å². The van der Waals surface area contributed by atoms with Crippen LogP contribution in [0.15, 0.2) is 35.0 Å². The van der Waals surface area contributed by atoms with Gasteiger partial charge in [0.25, 0.3) is 0 Å². The highest BCUT2D eigenvalue weighted by atomic mass is 32.1. The van der Waals surface area contributed by atoms with E-state index >= 15 is 0 Å². The lowest BCUT2D eigenvalue weighted by Gasteiger charge is -2.11. The van der Waals surface area contributed by atoms with Crippen molar-refractivity contribution in [2.45, 2.75) is 13.5 Å².